The fraction of sp³-hybridized carbons (Fsp3) is 0.333. The van der Waals surface area contributed by atoms with Crippen molar-refractivity contribution in [2.45, 2.75) is 18.9 Å². The average molecular weight is 338 g/mol. The number of aromatic nitrogens is 1. The topological polar surface area (TPSA) is 80.0 Å². The molecule has 2 heterocycles. The molecular weight excluding hydrogens is 322 g/mol. The van der Waals surface area contributed by atoms with Crippen LogP contribution in [0.25, 0.3) is 0 Å². The van der Waals surface area contributed by atoms with E-state index in [1.165, 1.54) is 6.07 Å². The summed E-state index contributed by atoms with van der Waals surface area (Å²) in [7, 11) is 0. The summed E-state index contributed by atoms with van der Waals surface area (Å²) in [6, 6.07) is 3.49. The van der Waals surface area contributed by atoms with Crippen LogP contribution in [0, 0.1) is 11.6 Å². The highest BCUT2D eigenvalue weighted by atomic mass is 32.1. The number of piperidine rings is 1. The van der Waals surface area contributed by atoms with E-state index in [9.17, 15) is 13.6 Å². The summed E-state index contributed by atoms with van der Waals surface area (Å²) in [5.41, 5.74) is 5.16. The number of nitrogens with zero attached hydrogens (tertiary/aromatic N) is 1. The van der Waals surface area contributed by atoms with Gasteiger partial charge >= 0.3 is 0 Å². The van der Waals surface area contributed by atoms with Crippen LogP contribution in [0.5, 0.6) is 0 Å². The molecule has 0 radical (unpaired) electrons. The Kier molecular flexibility index (Phi) is 4.53. The molecule has 2 aromatic rings. The lowest BCUT2D eigenvalue weighted by Crippen LogP contribution is -2.38. The van der Waals surface area contributed by atoms with Crippen LogP contribution in [0.15, 0.2) is 18.2 Å². The fourth-order valence-corrected chi connectivity index (χ4v) is 3.44. The van der Waals surface area contributed by atoms with E-state index >= 15 is 0 Å². The number of nitrogen functional groups attached to an aromatic ring is 1. The molecule has 0 bridgehead atoms. The molecule has 0 spiro atoms. The smallest absolute Gasteiger partial charge is 0.212 e. The minimum Gasteiger partial charge on any atom is -0.382 e. The van der Waals surface area contributed by atoms with Crippen molar-refractivity contribution in [2.24, 2.45) is 0 Å². The van der Waals surface area contributed by atoms with Gasteiger partial charge < -0.3 is 16.4 Å². The first-order chi connectivity index (χ1) is 11.1. The van der Waals surface area contributed by atoms with Crippen molar-refractivity contribution in [1.29, 1.82) is 0 Å². The molecule has 0 aliphatic carbocycles. The van der Waals surface area contributed by atoms with Crippen LogP contribution in [-0.4, -0.2) is 29.9 Å². The highest BCUT2D eigenvalue weighted by molar-refractivity contribution is 7.18. The third-order valence-corrected chi connectivity index (χ3v) is 4.68. The molecular formula is C15H16F2N4OS. The van der Waals surface area contributed by atoms with E-state index in [1.54, 1.807) is 0 Å². The number of benzene rings is 1. The lowest BCUT2D eigenvalue weighted by molar-refractivity contribution is 0.103. The zero-order valence-corrected chi connectivity index (χ0v) is 13.1. The lowest BCUT2D eigenvalue weighted by atomic mass is 10.1. The van der Waals surface area contributed by atoms with Gasteiger partial charge in [-0.05, 0) is 31.5 Å². The highest BCUT2D eigenvalue weighted by Crippen LogP contribution is 2.29. The number of anilines is 2. The van der Waals surface area contributed by atoms with Crippen LogP contribution in [0.1, 0.15) is 28.1 Å². The van der Waals surface area contributed by atoms with Gasteiger partial charge in [-0.2, -0.15) is 0 Å². The van der Waals surface area contributed by atoms with Crippen LogP contribution in [0.4, 0.5) is 19.7 Å². The maximum absolute atomic E-state index is 13.8. The van der Waals surface area contributed by atoms with E-state index < -0.39 is 23.0 Å². The first-order valence-electron chi connectivity index (χ1n) is 7.28. The number of thiazole rings is 1. The highest BCUT2D eigenvalue weighted by Gasteiger charge is 2.24. The Labute approximate surface area is 135 Å². The van der Waals surface area contributed by atoms with Crippen LogP contribution in [-0.2, 0) is 0 Å². The number of carbonyl (C=O) groups excluding carboxylic acids is 1. The molecule has 1 aromatic carbocycles. The third-order valence-electron chi connectivity index (χ3n) is 3.67. The number of hydrogen-bond donors (Lipinski definition) is 3. The van der Waals surface area contributed by atoms with Gasteiger partial charge in [0.2, 0.25) is 5.78 Å². The maximum atomic E-state index is 13.8. The Morgan fingerprint density at radius 3 is 2.78 bits per heavy atom. The van der Waals surface area contributed by atoms with E-state index in [4.69, 9.17) is 5.73 Å². The largest absolute Gasteiger partial charge is 0.382 e. The predicted octanol–water partition coefficient (Wildman–Crippen LogP) is 2.40. The summed E-state index contributed by atoms with van der Waals surface area (Å²) >= 11 is 1.02. The number of hydrogen-bond acceptors (Lipinski definition) is 6. The fourth-order valence-electron chi connectivity index (χ4n) is 2.53. The van der Waals surface area contributed by atoms with Gasteiger partial charge in [-0.3, -0.25) is 4.79 Å². The molecule has 1 saturated heterocycles. The monoisotopic (exact) mass is 338 g/mol. The van der Waals surface area contributed by atoms with Crippen molar-refractivity contribution >= 4 is 28.1 Å². The number of carbonyl (C=O) groups is 1. The molecule has 1 unspecified atom stereocenters. The summed E-state index contributed by atoms with van der Waals surface area (Å²) in [4.78, 5) is 16.5. The summed E-state index contributed by atoms with van der Waals surface area (Å²) in [5.74, 6) is -2.62. The second-order valence-electron chi connectivity index (χ2n) is 5.35. The minimum absolute atomic E-state index is 0.0195. The standard InChI is InChI=1S/C15H16F2N4OS/c16-9-4-1-5-10(17)11(9)12(22)13-14(18)21-15(23-13)20-8-3-2-6-19-7-8/h1,4-5,8,19H,2-3,6-7,18H2,(H,20,21). The van der Waals surface area contributed by atoms with Crippen molar-refractivity contribution in [3.05, 3.63) is 40.3 Å². The van der Waals surface area contributed by atoms with Gasteiger partial charge in [0.1, 0.15) is 22.3 Å². The molecule has 4 N–H and O–H groups in total. The Balaban J connectivity index is 1.84. The maximum Gasteiger partial charge on any atom is 0.212 e. The molecule has 23 heavy (non-hydrogen) atoms. The number of halogens is 2. The number of nitrogens with one attached hydrogen (secondary N) is 2. The summed E-state index contributed by atoms with van der Waals surface area (Å²) in [6.45, 7) is 1.78. The Bertz CT molecular complexity index is 708. The second kappa shape index (κ2) is 6.59. The van der Waals surface area contributed by atoms with E-state index in [2.05, 4.69) is 15.6 Å². The average Bonchev–Trinajstić information content (AvgIpc) is 2.88. The van der Waals surface area contributed by atoms with Gasteiger partial charge in [0.25, 0.3) is 0 Å². The normalized spacial score (nSPS) is 17.9. The lowest BCUT2D eigenvalue weighted by Gasteiger charge is -2.23. The number of rotatable bonds is 4. The molecule has 3 rings (SSSR count). The van der Waals surface area contributed by atoms with Gasteiger partial charge in [-0.15, -0.1) is 0 Å². The van der Waals surface area contributed by atoms with Crippen molar-refractivity contribution in [2.75, 3.05) is 24.1 Å². The molecule has 8 heteroatoms. The molecule has 0 saturated carbocycles. The minimum atomic E-state index is -0.909. The van der Waals surface area contributed by atoms with Gasteiger partial charge in [-0.25, -0.2) is 13.8 Å². The summed E-state index contributed by atoms with van der Waals surface area (Å²) < 4.78 is 27.5. The SMILES string of the molecule is Nc1nc(NC2CCCNC2)sc1C(=O)c1c(F)cccc1F. The molecule has 1 aliphatic heterocycles. The van der Waals surface area contributed by atoms with E-state index in [-0.39, 0.29) is 16.7 Å². The van der Waals surface area contributed by atoms with Crippen molar-refractivity contribution in [3.63, 3.8) is 0 Å². The quantitative estimate of drug-likeness (QED) is 0.746. The number of nitrogens with two attached hydrogens (primary N) is 1. The summed E-state index contributed by atoms with van der Waals surface area (Å²) in [5, 5.41) is 6.94. The molecule has 1 aromatic heterocycles. The molecule has 1 atom stereocenters. The Hall–Kier alpha value is -2.06. The first-order valence-corrected chi connectivity index (χ1v) is 8.10. The third kappa shape index (κ3) is 3.32. The number of ketones is 1. The zero-order chi connectivity index (χ0) is 16.4. The van der Waals surface area contributed by atoms with E-state index in [1.807, 2.05) is 0 Å². The molecule has 1 aliphatic rings. The van der Waals surface area contributed by atoms with Crippen LogP contribution in [0.2, 0.25) is 0 Å². The van der Waals surface area contributed by atoms with Gasteiger partial charge in [0.15, 0.2) is 5.13 Å². The van der Waals surface area contributed by atoms with Crippen molar-refractivity contribution in [3.8, 4) is 0 Å². The molecule has 5 nitrogen and oxygen atoms in total. The van der Waals surface area contributed by atoms with Gasteiger partial charge in [0.05, 0.1) is 5.56 Å². The first kappa shape index (κ1) is 15.8. The Morgan fingerprint density at radius 1 is 1.39 bits per heavy atom. The van der Waals surface area contributed by atoms with Gasteiger partial charge in [-0.1, -0.05) is 17.4 Å². The van der Waals surface area contributed by atoms with Crippen LogP contribution < -0.4 is 16.4 Å². The van der Waals surface area contributed by atoms with Gasteiger partial charge in [0, 0.05) is 12.6 Å². The molecule has 1 fully saturated rings. The van der Waals surface area contributed by atoms with E-state index in [0.29, 0.717) is 5.13 Å². The van der Waals surface area contributed by atoms with Crippen LogP contribution >= 0.6 is 11.3 Å². The molecule has 122 valence electrons. The van der Waals surface area contributed by atoms with Crippen LogP contribution in [0.3, 0.4) is 0 Å². The van der Waals surface area contributed by atoms with E-state index in [0.717, 1.165) is 49.4 Å². The van der Waals surface area contributed by atoms with Crippen molar-refractivity contribution < 1.29 is 13.6 Å². The Morgan fingerprint density at radius 2 is 2.13 bits per heavy atom. The zero-order valence-electron chi connectivity index (χ0n) is 12.2. The second-order valence-corrected chi connectivity index (χ2v) is 6.35. The molecule has 0 amide bonds. The van der Waals surface area contributed by atoms with Crippen molar-refractivity contribution in [1.82, 2.24) is 10.3 Å². The summed E-state index contributed by atoms with van der Waals surface area (Å²) in [6.07, 6.45) is 2.03. The predicted molar refractivity (Wildman–Crippen MR) is 85.8 cm³/mol.